The van der Waals surface area contributed by atoms with Crippen LogP contribution in [0.3, 0.4) is 0 Å². The van der Waals surface area contributed by atoms with E-state index in [9.17, 15) is 9.90 Å². The lowest BCUT2D eigenvalue weighted by molar-refractivity contribution is -0.127. The van der Waals surface area contributed by atoms with Crippen LogP contribution in [0.4, 0.5) is 5.69 Å². The maximum Gasteiger partial charge on any atom is 0.250 e. The first-order chi connectivity index (χ1) is 19.2. The van der Waals surface area contributed by atoms with Crippen molar-refractivity contribution in [2.24, 2.45) is 5.41 Å². The topological polar surface area (TPSA) is 95.6 Å². The molecule has 1 unspecified atom stereocenters. The zero-order valence-electron chi connectivity index (χ0n) is 23.4. The Morgan fingerprint density at radius 1 is 1.05 bits per heavy atom. The number of rotatable bonds is 7. The molecule has 2 atom stereocenters. The van der Waals surface area contributed by atoms with Gasteiger partial charge in [-0.15, -0.1) is 0 Å². The van der Waals surface area contributed by atoms with Crippen LogP contribution in [0.5, 0.6) is 0 Å². The van der Waals surface area contributed by atoms with Gasteiger partial charge in [0.2, 0.25) is 17.6 Å². The van der Waals surface area contributed by atoms with Crippen LogP contribution in [0.2, 0.25) is 0 Å². The average Bonchev–Trinajstić information content (AvgIpc) is 3.59. The molecule has 0 radical (unpaired) electrons. The van der Waals surface area contributed by atoms with Gasteiger partial charge in [-0.2, -0.15) is 4.98 Å². The smallest absolute Gasteiger partial charge is 0.250 e. The summed E-state index contributed by atoms with van der Waals surface area (Å²) in [6.07, 6.45) is 4.44. The largest absolute Gasteiger partial charge is 0.380 e. The first-order valence-corrected chi connectivity index (χ1v) is 13.9. The Bertz CT molecular complexity index is 1510. The quantitative estimate of drug-likeness (QED) is 0.341. The van der Waals surface area contributed by atoms with Gasteiger partial charge in [0.05, 0.1) is 0 Å². The van der Waals surface area contributed by atoms with Gasteiger partial charge in [-0.25, -0.2) is 0 Å². The van der Waals surface area contributed by atoms with E-state index in [0.717, 1.165) is 24.3 Å². The standard InChI is InChI=1S/C32H35N5O3/c1-21(2)22-10-12-24(13-11-22)32(39,31(3)19-36(4)20-31)25-16-23(17-33-18-25)29-34-30(40-35-29)27-14-15-28(38)37(27)26-8-6-5-7-9-26/h5-13,16-18,21,27,39H,14-15,19-20H2,1-4H3/t27?,32-/m0/s1. The number of para-hydroxylation sites is 1. The maximum atomic E-state index is 12.7. The summed E-state index contributed by atoms with van der Waals surface area (Å²) in [6.45, 7) is 7.94. The molecule has 4 aromatic rings. The minimum atomic E-state index is -1.27. The van der Waals surface area contributed by atoms with Crippen molar-refractivity contribution < 1.29 is 14.4 Å². The maximum absolute atomic E-state index is 12.7. The Kier molecular flexibility index (Phi) is 6.55. The molecule has 2 aliphatic rings. The molecule has 2 aliphatic heterocycles. The van der Waals surface area contributed by atoms with Crippen LogP contribution in [0.1, 0.15) is 68.2 Å². The van der Waals surface area contributed by atoms with Crippen molar-refractivity contribution in [1.29, 1.82) is 0 Å². The van der Waals surface area contributed by atoms with Crippen molar-refractivity contribution in [1.82, 2.24) is 20.0 Å². The third-order valence-electron chi connectivity index (χ3n) is 8.49. The fraction of sp³-hybridized carbons (Fsp3) is 0.375. The van der Waals surface area contributed by atoms with Gasteiger partial charge in [-0.1, -0.05) is 68.4 Å². The van der Waals surface area contributed by atoms with E-state index in [0.29, 0.717) is 41.6 Å². The van der Waals surface area contributed by atoms with Crippen LogP contribution in [-0.4, -0.2) is 51.2 Å². The summed E-state index contributed by atoms with van der Waals surface area (Å²) in [5.74, 6) is 1.21. The molecule has 8 heteroatoms. The highest BCUT2D eigenvalue weighted by molar-refractivity contribution is 5.96. The lowest BCUT2D eigenvalue weighted by atomic mass is 9.62. The fourth-order valence-electron chi connectivity index (χ4n) is 6.42. The number of carbonyl (C=O) groups is 1. The second-order valence-corrected chi connectivity index (χ2v) is 11.8. The molecule has 0 spiro atoms. The molecule has 206 valence electrons. The Morgan fingerprint density at radius 2 is 1.77 bits per heavy atom. The van der Waals surface area contributed by atoms with Gasteiger partial charge in [-0.3, -0.25) is 14.7 Å². The van der Waals surface area contributed by atoms with Gasteiger partial charge in [0.25, 0.3) is 0 Å². The number of hydrogen-bond donors (Lipinski definition) is 1. The summed E-state index contributed by atoms with van der Waals surface area (Å²) < 4.78 is 5.71. The number of carbonyl (C=O) groups excluding carboxylic acids is 1. The molecule has 1 N–H and O–H groups in total. The molecule has 6 rings (SSSR count). The lowest BCUT2D eigenvalue weighted by Crippen LogP contribution is -2.63. The van der Waals surface area contributed by atoms with Crippen LogP contribution >= 0.6 is 0 Å². The van der Waals surface area contributed by atoms with E-state index in [1.165, 1.54) is 5.56 Å². The molecule has 2 saturated heterocycles. The molecular formula is C32H35N5O3. The number of amides is 1. The van der Waals surface area contributed by atoms with Crippen molar-refractivity contribution >= 4 is 11.6 Å². The highest BCUT2D eigenvalue weighted by atomic mass is 16.5. The lowest BCUT2D eigenvalue weighted by Gasteiger charge is -2.55. The minimum absolute atomic E-state index is 0.0341. The number of nitrogens with zero attached hydrogens (tertiary/aromatic N) is 5. The van der Waals surface area contributed by atoms with Crippen molar-refractivity contribution in [2.75, 3.05) is 25.0 Å². The number of benzene rings is 2. The Hall–Kier alpha value is -3.88. The van der Waals surface area contributed by atoms with Crippen molar-refractivity contribution in [3.8, 4) is 11.4 Å². The summed E-state index contributed by atoms with van der Waals surface area (Å²) in [6, 6.07) is 19.4. The zero-order chi connectivity index (χ0) is 28.1. The van der Waals surface area contributed by atoms with E-state index in [1.54, 1.807) is 17.3 Å². The van der Waals surface area contributed by atoms with Gasteiger partial charge < -0.3 is 14.5 Å². The average molecular weight is 538 g/mol. The van der Waals surface area contributed by atoms with E-state index < -0.39 is 11.0 Å². The molecule has 2 aromatic heterocycles. The molecule has 0 bridgehead atoms. The van der Waals surface area contributed by atoms with E-state index in [2.05, 4.69) is 55.0 Å². The number of hydrogen-bond acceptors (Lipinski definition) is 7. The van der Waals surface area contributed by atoms with E-state index in [-0.39, 0.29) is 11.9 Å². The Balaban J connectivity index is 1.36. The van der Waals surface area contributed by atoms with Gasteiger partial charge in [0, 0.05) is 54.1 Å². The van der Waals surface area contributed by atoms with Crippen molar-refractivity contribution in [3.63, 3.8) is 0 Å². The monoisotopic (exact) mass is 537 g/mol. The zero-order valence-corrected chi connectivity index (χ0v) is 23.4. The van der Waals surface area contributed by atoms with E-state index in [1.807, 2.05) is 48.5 Å². The first kappa shape index (κ1) is 26.3. The van der Waals surface area contributed by atoms with Crippen LogP contribution in [-0.2, 0) is 10.4 Å². The van der Waals surface area contributed by atoms with Crippen LogP contribution in [0.25, 0.3) is 11.4 Å². The van der Waals surface area contributed by atoms with Crippen molar-refractivity contribution in [2.45, 2.75) is 51.2 Å². The molecule has 1 amide bonds. The summed E-state index contributed by atoms with van der Waals surface area (Å²) in [4.78, 5) is 25.9. The first-order valence-electron chi connectivity index (χ1n) is 13.9. The fourth-order valence-corrected chi connectivity index (χ4v) is 6.42. The summed E-state index contributed by atoms with van der Waals surface area (Å²) in [7, 11) is 2.06. The molecule has 0 aliphatic carbocycles. The summed E-state index contributed by atoms with van der Waals surface area (Å²) in [5, 5.41) is 16.8. The van der Waals surface area contributed by atoms with Crippen molar-refractivity contribution in [3.05, 3.63) is 95.6 Å². The molecule has 2 aromatic carbocycles. The minimum Gasteiger partial charge on any atom is -0.380 e. The normalized spacial score (nSPS) is 20.5. The van der Waals surface area contributed by atoms with Gasteiger partial charge >= 0.3 is 0 Å². The molecule has 4 heterocycles. The van der Waals surface area contributed by atoms with Gasteiger partial charge in [-0.05, 0) is 48.7 Å². The second-order valence-electron chi connectivity index (χ2n) is 11.8. The number of aromatic nitrogens is 3. The van der Waals surface area contributed by atoms with Crippen LogP contribution in [0, 0.1) is 5.41 Å². The number of anilines is 1. The van der Waals surface area contributed by atoms with Crippen LogP contribution < -0.4 is 4.90 Å². The SMILES string of the molecule is CC(C)c1ccc([C@](O)(c2cncc(-c3noc(C4CCC(=O)N4c4ccccc4)n3)c2)C2(C)CN(C)C2)cc1. The third kappa shape index (κ3) is 4.32. The van der Waals surface area contributed by atoms with Crippen LogP contribution in [0.15, 0.2) is 77.6 Å². The van der Waals surface area contributed by atoms with E-state index in [4.69, 9.17) is 9.51 Å². The highest BCUT2D eigenvalue weighted by Gasteiger charge is 2.55. The predicted molar refractivity (Wildman–Crippen MR) is 153 cm³/mol. The summed E-state index contributed by atoms with van der Waals surface area (Å²) >= 11 is 0. The highest BCUT2D eigenvalue weighted by Crippen LogP contribution is 2.50. The Morgan fingerprint density at radius 3 is 2.45 bits per heavy atom. The number of aliphatic hydroxyl groups is 1. The van der Waals surface area contributed by atoms with Gasteiger partial charge in [0.1, 0.15) is 11.6 Å². The number of likely N-dealkylation sites (tertiary alicyclic amines) is 1. The number of pyridine rings is 1. The second kappa shape index (κ2) is 9.94. The molecule has 2 fully saturated rings. The Labute approximate surface area is 234 Å². The molecular weight excluding hydrogens is 502 g/mol. The predicted octanol–water partition coefficient (Wildman–Crippen LogP) is 5.31. The summed E-state index contributed by atoms with van der Waals surface area (Å²) in [5.41, 5.74) is 2.52. The van der Waals surface area contributed by atoms with E-state index >= 15 is 0 Å². The molecule has 40 heavy (non-hydrogen) atoms. The third-order valence-corrected chi connectivity index (χ3v) is 8.49. The molecule has 0 saturated carbocycles. The molecule has 8 nitrogen and oxygen atoms in total. The van der Waals surface area contributed by atoms with Gasteiger partial charge in [0.15, 0.2) is 0 Å².